The van der Waals surface area contributed by atoms with E-state index in [1.165, 1.54) is 46.9 Å². The number of hydrogen-bond acceptors (Lipinski definition) is 11. The number of rotatable bonds is 7. The maximum absolute atomic E-state index is 13.0. The lowest BCUT2D eigenvalue weighted by molar-refractivity contribution is 0.0949. The number of amides is 1. The molecule has 4 rings (SSSR count). The van der Waals surface area contributed by atoms with Crippen LogP contribution in [0.2, 0.25) is 0 Å². The van der Waals surface area contributed by atoms with E-state index in [1.54, 1.807) is 17.9 Å². The van der Waals surface area contributed by atoms with Crippen molar-refractivity contribution in [2.45, 2.75) is 10.9 Å². The van der Waals surface area contributed by atoms with Crippen molar-refractivity contribution in [2.75, 3.05) is 5.73 Å². The number of aryl methyl sites for hydroxylation is 1. The zero-order valence-electron chi connectivity index (χ0n) is 15.9. The molecule has 31 heavy (non-hydrogen) atoms. The molecule has 0 atom stereocenters. The third-order valence-corrected chi connectivity index (χ3v) is 4.98. The molecule has 0 spiro atoms. The first-order valence-corrected chi connectivity index (χ1v) is 9.60. The molecule has 0 aliphatic carbocycles. The average Bonchev–Trinajstić information content (AvgIpc) is 3.47. The summed E-state index contributed by atoms with van der Waals surface area (Å²) in [6.07, 6.45) is 2.92. The highest BCUT2D eigenvalue weighted by Crippen LogP contribution is 2.24. The maximum atomic E-state index is 13.0. The van der Waals surface area contributed by atoms with Crippen LogP contribution in [-0.4, -0.2) is 52.2 Å². The van der Waals surface area contributed by atoms with Crippen LogP contribution in [0.15, 0.2) is 45.5 Å². The van der Waals surface area contributed by atoms with E-state index in [1.807, 2.05) is 0 Å². The van der Waals surface area contributed by atoms with Gasteiger partial charge in [-0.05, 0) is 28.0 Å². The molecular weight excluding hydrogens is 429 g/mol. The Bertz CT molecular complexity index is 1230. The van der Waals surface area contributed by atoms with Crippen LogP contribution in [0.5, 0.6) is 0 Å². The van der Waals surface area contributed by atoms with Gasteiger partial charge in [-0.15, -0.1) is 15.3 Å². The number of thioether (sulfide) groups is 1. The van der Waals surface area contributed by atoms with Gasteiger partial charge in [-0.3, -0.25) is 4.79 Å². The Morgan fingerprint density at radius 3 is 2.81 bits per heavy atom. The lowest BCUT2D eigenvalue weighted by atomic mass is 10.2. The minimum Gasteiger partial charge on any atom is -0.378 e. The van der Waals surface area contributed by atoms with E-state index < -0.39 is 5.91 Å². The summed E-state index contributed by atoms with van der Waals surface area (Å²) in [6.45, 7) is 0. The first-order chi connectivity index (χ1) is 15.0. The van der Waals surface area contributed by atoms with Gasteiger partial charge < -0.3 is 10.3 Å². The number of nitrogens with zero attached hydrogens (tertiary/aromatic N) is 9. The number of anilines is 1. The van der Waals surface area contributed by atoms with E-state index in [0.717, 1.165) is 0 Å². The predicted octanol–water partition coefficient (Wildman–Crippen LogP) is 0.556. The summed E-state index contributed by atoms with van der Waals surface area (Å²) in [4.78, 5) is 12.7. The molecular formula is C16H14FN11O2S. The van der Waals surface area contributed by atoms with Gasteiger partial charge in [0, 0.05) is 12.8 Å². The molecule has 3 N–H and O–H groups in total. The number of halogens is 1. The SMILES string of the molecule is Cn1cnnc1SCc1c(C(=O)NN=Cc2ccc(F)cc2)nnn1-c1nonc1N. The van der Waals surface area contributed by atoms with Crippen molar-refractivity contribution in [3.05, 3.63) is 53.4 Å². The highest BCUT2D eigenvalue weighted by atomic mass is 32.2. The van der Waals surface area contributed by atoms with Gasteiger partial charge in [0.1, 0.15) is 12.1 Å². The summed E-state index contributed by atoms with van der Waals surface area (Å²) < 4.78 is 20.6. The van der Waals surface area contributed by atoms with Crippen molar-refractivity contribution in [1.29, 1.82) is 0 Å². The summed E-state index contributed by atoms with van der Waals surface area (Å²) in [5.41, 5.74) is 9.09. The zero-order valence-corrected chi connectivity index (χ0v) is 16.7. The Morgan fingerprint density at radius 1 is 1.32 bits per heavy atom. The van der Waals surface area contributed by atoms with Gasteiger partial charge in [-0.25, -0.2) is 14.4 Å². The second-order valence-electron chi connectivity index (χ2n) is 6.03. The van der Waals surface area contributed by atoms with Crippen molar-refractivity contribution < 1.29 is 13.8 Å². The number of nitrogens with one attached hydrogen (secondary N) is 1. The fourth-order valence-electron chi connectivity index (χ4n) is 2.42. The first-order valence-electron chi connectivity index (χ1n) is 8.61. The van der Waals surface area contributed by atoms with E-state index in [2.05, 4.69) is 46.0 Å². The average molecular weight is 443 g/mol. The molecule has 0 radical (unpaired) electrons. The molecule has 158 valence electrons. The largest absolute Gasteiger partial charge is 0.378 e. The van der Waals surface area contributed by atoms with E-state index in [9.17, 15) is 9.18 Å². The first kappa shape index (κ1) is 20.1. The summed E-state index contributed by atoms with van der Waals surface area (Å²) in [6, 6.07) is 5.61. The summed E-state index contributed by atoms with van der Waals surface area (Å²) in [5.74, 6) is -0.681. The lowest BCUT2D eigenvalue weighted by Gasteiger charge is -2.05. The Morgan fingerprint density at radius 2 is 2.13 bits per heavy atom. The van der Waals surface area contributed by atoms with E-state index in [-0.39, 0.29) is 28.9 Å². The van der Waals surface area contributed by atoms with Gasteiger partial charge >= 0.3 is 0 Å². The van der Waals surface area contributed by atoms with Crippen LogP contribution < -0.4 is 11.2 Å². The number of aromatic nitrogens is 8. The molecule has 0 bridgehead atoms. The van der Waals surface area contributed by atoms with Crippen molar-refractivity contribution in [1.82, 2.24) is 45.5 Å². The number of carbonyl (C=O) groups excluding carboxylic acids is 1. The number of carbonyl (C=O) groups is 1. The van der Waals surface area contributed by atoms with Gasteiger partial charge in [0.2, 0.25) is 11.6 Å². The Labute approximate surface area is 177 Å². The fourth-order valence-corrected chi connectivity index (χ4v) is 3.30. The smallest absolute Gasteiger partial charge is 0.293 e. The zero-order chi connectivity index (χ0) is 21.8. The summed E-state index contributed by atoms with van der Waals surface area (Å²) >= 11 is 1.30. The normalized spacial score (nSPS) is 11.3. The number of benzene rings is 1. The molecule has 0 aliphatic rings. The third kappa shape index (κ3) is 4.40. The summed E-state index contributed by atoms with van der Waals surface area (Å²) in [5, 5.41) is 27.4. The molecule has 1 amide bonds. The van der Waals surface area contributed by atoms with E-state index in [0.29, 0.717) is 16.4 Å². The second-order valence-corrected chi connectivity index (χ2v) is 6.98. The van der Waals surface area contributed by atoms with Crippen LogP contribution in [0.3, 0.4) is 0 Å². The molecule has 13 nitrogen and oxygen atoms in total. The van der Waals surface area contributed by atoms with E-state index in [4.69, 9.17) is 5.73 Å². The molecule has 0 aliphatic heterocycles. The third-order valence-electron chi connectivity index (χ3n) is 3.93. The maximum Gasteiger partial charge on any atom is 0.293 e. The molecule has 15 heteroatoms. The number of nitrogen functional groups attached to an aromatic ring is 1. The quantitative estimate of drug-likeness (QED) is 0.234. The van der Waals surface area contributed by atoms with Crippen LogP contribution in [0, 0.1) is 5.82 Å². The van der Waals surface area contributed by atoms with Crippen LogP contribution in [0.4, 0.5) is 10.2 Å². The lowest BCUT2D eigenvalue weighted by Crippen LogP contribution is -2.20. The Balaban J connectivity index is 1.57. The molecule has 3 heterocycles. The highest BCUT2D eigenvalue weighted by Gasteiger charge is 2.24. The standard InChI is InChI=1S/C16H14FN11O2S/c1-27-8-20-23-16(27)31-7-11-12(21-26-28(11)14-13(18)24-30-25-14)15(29)22-19-6-9-2-4-10(17)5-3-9/h2-6,8H,7H2,1H3,(H2,18,24)(H,22,29). The van der Waals surface area contributed by atoms with Gasteiger partial charge in [0.25, 0.3) is 5.91 Å². The van der Waals surface area contributed by atoms with Crippen molar-refractivity contribution in [2.24, 2.45) is 12.1 Å². The van der Waals surface area contributed by atoms with Crippen molar-refractivity contribution >= 4 is 29.7 Å². The number of hydrogen-bond donors (Lipinski definition) is 2. The van der Waals surface area contributed by atoms with Gasteiger partial charge in [0.15, 0.2) is 10.9 Å². The van der Waals surface area contributed by atoms with Crippen LogP contribution in [0.1, 0.15) is 21.7 Å². The van der Waals surface area contributed by atoms with Crippen LogP contribution in [0.25, 0.3) is 5.82 Å². The monoisotopic (exact) mass is 443 g/mol. The fraction of sp³-hybridized carbons (Fsp3) is 0.125. The Hall–Kier alpha value is -4.14. The minimum absolute atomic E-state index is 0.00618. The van der Waals surface area contributed by atoms with Crippen LogP contribution >= 0.6 is 11.8 Å². The van der Waals surface area contributed by atoms with Crippen LogP contribution in [-0.2, 0) is 12.8 Å². The van der Waals surface area contributed by atoms with Crippen molar-refractivity contribution in [3.8, 4) is 5.82 Å². The molecule has 0 saturated heterocycles. The predicted molar refractivity (Wildman–Crippen MR) is 106 cm³/mol. The van der Waals surface area contributed by atoms with Gasteiger partial charge in [-0.1, -0.05) is 29.1 Å². The molecule has 4 aromatic rings. The molecule has 1 aromatic carbocycles. The summed E-state index contributed by atoms with van der Waals surface area (Å²) in [7, 11) is 1.79. The van der Waals surface area contributed by atoms with E-state index >= 15 is 0 Å². The highest BCUT2D eigenvalue weighted by molar-refractivity contribution is 7.98. The number of hydrazone groups is 1. The minimum atomic E-state index is -0.617. The number of nitrogens with two attached hydrogens (primary N) is 1. The second kappa shape index (κ2) is 8.70. The molecule has 0 saturated carbocycles. The van der Waals surface area contributed by atoms with Gasteiger partial charge in [0.05, 0.1) is 11.9 Å². The Kier molecular flexibility index (Phi) is 5.65. The molecule has 0 unspecified atom stereocenters. The van der Waals surface area contributed by atoms with Crippen molar-refractivity contribution in [3.63, 3.8) is 0 Å². The topological polar surface area (TPSA) is 168 Å². The molecule has 0 fully saturated rings. The molecule has 3 aromatic heterocycles. The van der Waals surface area contributed by atoms with Gasteiger partial charge in [-0.2, -0.15) is 9.78 Å².